The van der Waals surface area contributed by atoms with E-state index in [1.54, 1.807) is 0 Å². The van der Waals surface area contributed by atoms with Crippen LogP contribution in [0.25, 0.3) is 0 Å². The highest BCUT2D eigenvalue weighted by molar-refractivity contribution is 5.47. The van der Waals surface area contributed by atoms with E-state index in [1.807, 2.05) is 6.92 Å². The SMILES string of the molecule is CCCCCc1cc(F)c(C(F)(F)OC2=CCC(C#CC3=CCC(c4cc(F)c(OC(F)(F)F)c(F)c4)C(F)=C3)C(F)=C2)c(F)c1. The Morgan fingerprint density at radius 2 is 1.41 bits per heavy atom. The first-order chi connectivity index (χ1) is 21.6. The summed E-state index contributed by atoms with van der Waals surface area (Å²) in [6, 6.07) is 2.64. The molecular weight excluding hydrogens is 637 g/mol. The average molecular weight is 663 g/mol. The molecule has 0 saturated carbocycles. The molecule has 2 aromatic rings. The zero-order valence-electron chi connectivity index (χ0n) is 24.0. The lowest BCUT2D eigenvalue weighted by atomic mass is 9.88. The fraction of sp³-hybridized carbons (Fsp3) is 0.333. The molecule has 2 aromatic carbocycles. The van der Waals surface area contributed by atoms with E-state index in [-0.39, 0.29) is 29.5 Å². The van der Waals surface area contributed by atoms with Crippen LogP contribution in [0.15, 0.2) is 71.6 Å². The Morgan fingerprint density at radius 1 is 0.761 bits per heavy atom. The first kappa shape index (κ1) is 34.7. The van der Waals surface area contributed by atoms with Gasteiger partial charge in [0.15, 0.2) is 11.6 Å². The van der Waals surface area contributed by atoms with Crippen molar-refractivity contribution in [1.82, 2.24) is 0 Å². The van der Waals surface area contributed by atoms with E-state index in [4.69, 9.17) is 0 Å². The van der Waals surface area contributed by atoms with E-state index in [0.29, 0.717) is 31.1 Å². The molecule has 0 radical (unpaired) electrons. The largest absolute Gasteiger partial charge is 0.573 e. The predicted octanol–water partition coefficient (Wildman–Crippen LogP) is 10.7. The van der Waals surface area contributed by atoms with Gasteiger partial charge in [-0.15, -0.1) is 13.2 Å². The van der Waals surface area contributed by atoms with E-state index in [9.17, 15) is 48.3 Å². The Hall–Kier alpha value is -4.21. The Morgan fingerprint density at radius 3 is 1.98 bits per heavy atom. The number of allylic oxidation sites excluding steroid dienone is 7. The highest BCUT2D eigenvalue weighted by Crippen LogP contribution is 2.40. The Bertz CT molecular complexity index is 1610. The van der Waals surface area contributed by atoms with E-state index in [0.717, 1.165) is 37.1 Å². The molecule has 0 saturated heterocycles. The summed E-state index contributed by atoms with van der Waals surface area (Å²) >= 11 is 0. The third-order valence-corrected chi connectivity index (χ3v) is 7.11. The maximum absolute atomic E-state index is 14.8. The fourth-order valence-corrected chi connectivity index (χ4v) is 4.88. The van der Waals surface area contributed by atoms with Crippen molar-refractivity contribution in [3.63, 3.8) is 0 Å². The first-order valence-electron chi connectivity index (χ1n) is 14.0. The van der Waals surface area contributed by atoms with Crippen LogP contribution >= 0.6 is 0 Å². The zero-order valence-corrected chi connectivity index (χ0v) is 24.0. The van der Waals surface area contributed by atoms with Crippen molar-refractivity contribution < 1.29 is 57.8 Å². The number of hydrogen-bond acceptors (Lipinski definition) is 2. The highest BCUT2D eigenvalue weighted by atomic mass is 19.4. The third kappa shape index (κ3) is 8.53. The van der Waals surface area contributed by atoms with Gasteiger partial charge in [0, 0.05) is 17.6 Å². The number of rotatable bonds is 9. The minimum absolute atomic E-state index is 0.0428. The molecule has 0 aromatic heterocycles. The first-order valence-corrected chi connectivity index (χ1v) is 14.0. The van der Waals surface area contributed by atoms with Crippen molar-refractivity contribution in [2.75, 3.05) is 0 Å². The summed E-state index contributed by atoms with van der Waals surface area (Å²) in [4.78, 5) is 0. The van der Waals surface area contributed by atoms with Gasteiger partial charge in [0.2, 0.25) is 5.75 Å². The van der Waals surface area contributed by atoms with Gasteiger partial charge in [-0.1, -0.05) is 37.7 Å². The summed E-state index contributed by atoms with van der Waals surface area (Å²) in [6.45, 7) is 1.93. The quantitative estimate of drug-likeness (QED) is 0.151. The Labute approximate surface area is 256 Å². The monoisotopic (exact) mass is 662 g/mol. The van der Waals surface area contributed by atoms with E-state index >= 15 is 0 Å². The van der Waals surface area contributed by atoms with Gasteiger partial charge in [-0.3, -0.25) is 0 Å². The van der Waals surface area contributed by atoms with Crippen LogP contribution in [0.4, 0.5) is 48.3 Å². The second kappa shape index (κ2) is 14.1. The van der Waals surface area contributed by atoms with Crippen LogP contribution in [0.3, 0.4) is 0 Å². The molecule has 246 valence electrons. The van der Waals surface area contributed by atoms with Gasteiger partial charge >= 0.3 is 12.5 Å². The van der Waals surface area contributed by atoms with Gasteiger partial charge in [-0.25, -0.2) is 26.3 Å². The van der Waals surface area contributed by atoms with Crippen LogP contribution in [0.5, 0.6) is 5.75 Å². The summed E-state index contributed by atoms with van der Waals surface area (Å²) < 4.78 is 161. The minimum Gasteiger partial charge on any atom is -0.429 e. The summed E-state index contributed by atoms with van der Waals surface area (Å²) in [7, 11) is 0. The summed E-state index contributed by atoms with van der Waals surface area (Å²) in [6.07, 6.45) is -3.86. The molecule has 0 spiro atoms. The number of benzene rings is 2. The number of hydrogen-bond donors (Lipinski definition) is 0. The van der Waals surface area contributed by atoms with Crippen LogP contribution in [-0.2, 0) is 17.3 Å². The van der Waals surface area contributed by atoms with E-state index in [2.05, 4.69) is 21.3 Å². The van der Waals surface area contributed by atoms with Crippen LogP contribution < -0.4 is 4.74 Å². The molecule has 2 unspecified atom stereocenters. The van der Waals surface area contributed by atoms with Crippen molar-refractivity contribution in [1.29, 1.82) is 0 Å². The second-order valence-electron chi connectivity index (χ2n) is 10.5. The normalized spacial score (nSPS) is 18.5. The van der Waals surface area contributed by atoms with Gasteiger partial charge < -0.3 is 9.47 Å². The average Bonchev–Trinajstić information content (AvgIpc) is 2.93. The van der Waals surface area contributed by atoms with Crippen LogP contribution in [0, 0.1) is 41.0 Å². The third-order valence-electron chi connectivity index (χ3n) is 7.11. The maximum atomic E-state index is 14.8. The fourth-order valence-electron chi connectivity index (χ4n) is 4.88. The van der Waals surface area contributed by atoms with Crippen LogP contribution in [0.1, 0.15) is 61.6 Å². The molecule has 13 heteroatoms. The lowest BCUT2D eigenvalue weighted by molar-refractivity contribution is -0.276. The van der Waals surface area contributed by atoms with Gasteiger partial charge in [0.05, 0.1) is 5.92 Å². The standard InChI is InChI=1S/C33H25F11O2/c1-2-3-4-5-19-13-26(36)30(27(37)14-19)32(40,41)45-22-10-9-20(24(34)17-22)8-6-18-7-11-23(25(35)12-18)21-15-28(38)31(29(39)16-21)46-33(42,43)44/h7,10,12-17,20,23H,2-5,9,11H2,1H3. The maximum Gasteiger partial charge on any atom is 0.573 e. The molecule has 2 aliphatic carbocycles. The van der Waals surface area contributed by atoms with Crippen molar-refractivity contribution in [3.05, 3.63) is 112 Å². The molecule has 0 bridgehead atoms. The molecule has 2 nitrogen and oxygen atoms in total. The molecule has 4 rings (SSSR count). The molecule has 0 fully saturated rings. The van der Waals surface area contributed by atoms with Crippen molar-refractivity contribution in [2.24, 2.45) is 5.92 Å². The number of unbranched alkanes of at least 4 members (excludes halogenated alkanes) is 2. The lowest BCUT2D eigenvalue weighted by Gasteiger charge is -2.22. The molecule has 0 aliphatic heterocycles. The topological polar surface area (TPSA) is 18.5 Å². The van der Waals surface area contributed by atoms with Gasteiger partial charge in [-0.05, 0) is 73.2 Å². The van der Waals surface area contributed by atoms with Crippen molar-refractivity contribution in [2.45, 2.75) is 63.8 Å². The summed E-state index contributed by atoms with van der Waals surface area (Å²) in [5.74, 6) is -8.11. The van der Waals surface area contributed by atoms with Gasteiger partial charge in [-0.2, -0.15) is 8.78 Å². The summed E-state index contributed by atoms with van der Waals surface area (Å²) in [5.41, 5.74) is -1.67. The molecular formula is C33H25F11O2. The summed E-state index contributed by atoms with van der Waals surface area (Å²) in [5, 5.41) is 0. The lowest BCUT2D eigenvalue weighted by Crippen LogP contribution is -2.22. The minimum atomic E-state index is -5.35. The molecule has 2 aliphatic rings. The Kier molecular flexibility index (Phi) is 10.6. The van der Waals surface area contributed by atoms with E-state index in [1.165, 1.54) is 6.08 Å². The second-order valence-corrected chi connectivity index (χ2v) is 10.5. The number of aryl methyl sites for hydroxylation is 1. The van der Waals surface area contributed by atoms with Crippen LogP contribution in [0.2, 0.25) is 0 Å². The van der Waals surface area contributed by atoms with Crippen molar-refractivity contribution in [3.8, 4) is 17.6 Å². The van der Waals surface area contributed by atoms with E-state index < -0.39 is 76.3 Å². The zero-order chi connectivity index (χ0) is 33.8. The molecule has 46 heavy (non-hydrogen) atoms. The Balaban J connectivity index is 1.41. The van der Waals surface area contributed by atoms with Gasteiger partial charge in [0.1, 0.15) is 34.6 Å². The predicted molar refractivity (Wildman–Crippen MR) is 145 cm³/mol. The van der Waals surface area contributed by atoms with Crippen molar-refractivity contribution >= 4 is 0 Å². The number of ether oxygens (including phenoxy) is 2. The molecule has 2 atom stereocenters. The van der Waals surface area contributed by atoms with Crippen LogP contribution in [-0.4, -0.2) is 6.36 Å². The smallest absolute Gasteiger partial charge is 0.429 e. The number of alkyl halides is 5. The molecule has 0 N–H and O–H groups in total. The van der Waals surface area contributed by atoms with Gasteiger partial charge in [0.25, 0.3) is 0 Å². The number of halogens is 11. The molecule has 0 heterocycles. The highest BCUT2D eigenvalue weighted by Gasteiger charge is 2.42. The molecule has 0 amide bonds.